The second kappa shape index (κ2) is 5.96. The maximum atomic E-state index is 12.1. The van der Waals surface area contributed by atoms with E-state index in [0.717, 1.165) is 5.69 Å². The molecule has 3 nitrogen and oxygen atoms in total. The highest BCUT2D eigenvalue weighted by molar-refractivity contribution is 6.04. The Kier molecular flexibility index (Phi) is 4.08. The molecule has 96 valence electrons. The van der Waals surface area contributed by atoms with Crippen molar-refractivity contribution < 1.29 is 9.59 Å². The van der Waals surface area contributed by atoms with Crippen molar-refractivity contribution in [1.29, 1.82) is 0 Å². The van der Waals surface area contributed by atoms with Crippen molar-refractivity contribution in [1.82, 2.24) is 0 Å². The number of hydrogen-bond donors (Lipinski definition) is 0. The fourth-order valence-electron chi connectivity index (χ4n) is 1.85. The molecule has 0 saturated heterocycles. The Morgan fingerprint density at radius 2 is 1.42 bits per heavy atom. The van der Waals surface area contributed by atoms with Crippen molar-refractivity contribution in [3.63, 3.8) is 0 Å². The van der Waals surface area contributed by atoms with Gasteiger partial charge in [0.2, 0.25) is 5.91 Å². The van der Waals surface area contributed by atoms with E-state index < -0.39 is 0 Å². The molecule has 0 aromatic heterocycles. The molecule has 0 saturated carbocycles. The van der Waals surface area contributed by atoms with Crippen molar-refractivity contribution in [3.8, 4) is 0 Å². The molecule has 0 radical (unpaired) electrons. The first-order valence-electron chi connectivity index (χ1n) is 6.10. The van der Waals surface area contributed by atoms with Crippen LogP contribution in [0.2, 0.25) is 0 Å². The van der Waals surface area contributed by atoms with Crippen molar-refractivity contribution in [2.75, 3.05) is 11.4 Å². The van der Waals surface area contributed by atoms with E-state index in [1.807, 2.05) is 48.5 Å². The third-order valence-corrected chi connectivity index (χ3v) is 2.85. The van der Waals surface area contributed by atoms with Gasteiger partial charge in [-0.1, -0.05) is 48.5 Å². The number of Topliss-reactive ketones (excluding diaryl/α,β-unsaturated/α-hetero) is 1. The van der Waals surface area contributed by atoms with Crippen LogP contribution in [0.25, 0.3) is 0 Å². The quantitative estimate of drug-likeness (QED) is 0.786. The summed E-state index contributed by atoms with van der Waals surface area (Å²) in [4.78, 5) is 25.3. The van der Waals surface area contributed by atoms with E-state index in [2.05, 4.69) is 0 Å². The fraction of sp³-hybridized carbons (Fsp3) is 0.125. The number of para-hydroxylation sites is 1. The molecule has 1 amide bonds. The molecule has 0 N–H and O–H groups in total. The molecule has 0 unspecified atom stereocenters. The van der Waals surface area contributed by atoms with Crippen LogP contribution in [0.15, 0.2) is 60.7 Å². The molecule has 0 bridgehead atoms. The van der Waals surface area contributed by atoms with Gasteiger partial charge in [-0.3, -0.25) is 9.59 Å². The Morgan fingerprint density at radius 1 is 0.895 bits per heavy atom. The zero-order valence-electron chi connectivity index (χ0n) is 10.7. The molecule has 0 spiro atoms. The molecule has 3 heteroatoms. The number of carbonyl (C=O) groups excluding carboxylic acids is 2. The first-order valence-corrected chi connectivity index (χ1v) is 6.10. The molecule has 19 heavy (non-hydrogen) atoms. The highest BCUT2D eigenvalue weighted by atomic mass is 16.2. The number of ketones is 1. The molecule has 2 aromatic carbocycles. The highest BCUT2D eigenvalue weighted by Crippen LogP contribution is 2.14. The Bertz CT molecular complexity index is 564. The third-order valence-electron chi connectivity index (χ3n) is 2.85. The lowest BCUT2D eigenvalue weighted by molar-refractivity contribution is -0.116. The van der Waals surface area contributed by atoms with E-state index in [0.29, 0.717) is 5.56 Å². The first kappa shape index (κ1) is 13.0. The summed E-state index contributed by atoms with van der Waals surface area (Å²) in [7, 11) is 0. The van der Waals surface area contributed by atoms with Gasteiger partial charge in [0, 0.05) is 18.2 Å². The Balaban J connectivity index is 2.19. The molecule has 2 aromatic rings. The van der Waals surface area contributed by atoms with Gasteiger partial charge >= 0.3 is 0 Å². The molecular formula is C16H15NO2. The molecule has 0 fully saturated rings. The predicted octanol–water partition coefficient (Wildman–Crippen LogP) is 2.92. The summed E-state index contributed by atoms with van der Waals surface area (Å²) in [5.74, 6) is -0.213. The van der Waals surface area contributed by atoms with Crippen LogP contribution in [0.3, 0.4) is 0 Å². The van der Waals surface area contributed by atoms with Crippen molar-refractivity contribution in [3.05, 3.63) is 66.2 Å². The van der Waals surface area contributed by atoms with Gasteiger partial charge in [0.25, 0.3) is 0 Å². The maximum Gasteiger partial charge on any atom is 0.224 e. The van der Waals surface area contributed by atoms with E-state index in [-0.39, 0.29) is 18.2 Å². The van der Waals surface area contributed by atoms with Gasteiger partial charge in [-0.2, -0.15) is 0 Å². The Hall–Kier alpha value is -2.42. The smallest absolute Gasteiger partial charge is 0.224 e. The van der Waals surface area contributed by atoms with E-state index in [1.165, 1.54) is 11.8 Å². The lowest BCUT2D eigenvalue weighted by Crippen LogP contribution is -2.33. The molecular weight excluding hydrogens is 238 g/mol. The lowest BCUT2D eigenvalue weighted by Gasteiger charge is -2.20. The van der Waals surface area contributed by atoms with Crippen molar-refractivity contribution in [2.24, 2.45) is 0 Å². The molecule has 0 atom stereocenters. The number of hydrogen-bond acceptors (Lipinski definition) is 2. The van der Waals surface area contributed by atoms with Gasteiger partial charge in [0.05, 0.1) is 6.54 Å². The van der Waals surface area contributed by atoms with Crippen LogP contribution in [0.1, 0.15) is 17.3 Å². The molecule has 0 aliphatic carbocycles. The summed E-state index contributed by atoms with van der Waals surface area (Å²) in [6.07, 6.45) is 0. The van der Waals surface area contributed by atoms with Crippen LogP contribution in [-0.2, 0) is 4.79 Å². The second-order valence-electron chi connectivity index (χ2n) is 4.23. The Labute approximate surface area is 112 Å². The minimum Gasteiger partial charge on any atom is -0.305 e. The zero-order chi connectivity index (χ0) is 13.7. The van der Waals surface area contributed by atoms with Gasteiger partial charge in [-0.15, -0.1) is 0 Å². The van der Waals surface area contributed by atoms with Crippen LogP contribution in [0.5, 0.6) is 0 Å². The van der Waals surface area contributed by atoms with Crippen LogP contribution in [0, 0.1) is 0 Å². The summed E-state index contributed by atoms with van der Waals surface area (Å²) in [5, 5.41) is 0. The summed E-state index contributed by atoms with van der Waals surface area (Å²) in [6, 6.07) is 18.2. The average molecular weight is 253 g/mol. The number of carbonyl (C=O) groups is 2. The second-order valence-corrected chi connectivity index (χ2v) is 4.23. The summed E-state index contributed by atoms with van der Waals surface area (Å²) < 4.78 is 0. The van der Waals surface area contributed by atoms with Crippen LogP contribution >= 0.6 is 0 Å². The van der Waals surface area contributed by atoms with Crippen LogP contribution in [-0.4, -0.2) is 18.2 Å². The van der Waals surface area contributed by atoms with E-state index in [9.17, 15) is 9.59 Å². The van der Waals surface area contributed by atoms with E-state index >= 15 is 0 Å². The molecule has 0 aliphatic heterocycles. The third kappa shape index (κ3) is 3.28. The summed E-state index contributed by atoms with van der Waals surface area (Å²) >= 11 is 0. The highest BCUT2D eigenvalue weighted by Gasteiger charge is 2.16. The number of benzene rings is 2. The SMILES string of the molecule is CC(=O)N(CC(=O)c1ccccc1)c1ccccc1. The topological polar surface area (TPSA) is 37.4 Å². The van der Waals surface area contributed by atoms with E-state index in [4.69, 9.17) is 0 Å². The molecule has 2 rings (SSSR count). The standard InChI is InChI=1S/C16H15NO2/c1-13(18)17(15-10-6-3-7-11-15)12-16(19)14-8-4-2-5-9-14/h2-11H,12H2,1H3. The van der Waals surface area contributed by atoms with Crippen molar-refractivity contribution in [2.45, 2.75) is 6.92 Å². The Morgan fingerprint density at radius 3 is 1.95 bits per heavy atom. The van der Waals surface area contributed by atoms with Gasteiger partial charge in [-0.05, 0) is 12.1 Å². The monoisotopic (exact) mass is 253 g/mol. The fourth-order valence-corrected chi connectivity index (χ4v) is 1.85. The zero-order valence-corrected chi connectivity index (χ0v) is 10.7. The number of rotatable bonds is 4. The molecule has 0 aliphatic rings. The first-order chi connectivity index (χ1) is 9.18. The average Bonchev–Trinajstić information content (AvgIpc) is 2.46. The maximum absolute atomic E-state index is 12.1. The van der Waals surface area contributed by atoms with Crippen molar-refractivity contribution >= 4 is 17.4 Å². The van der Waals surface area contributed by atoms with Gasteiger partial charge in [0.1, 0.15) is 0 Å². The number of anilines is 1. The number of nitrogens with zero attached hydrogens (tertiary/aromatic N) is 1. The lowest BCUT2D eigenvalue weighted by atomic mass is 10.1. The van der Waals surface area contributed by atoms with Gasteiger partial charge in [-0.25, -0.2) is 0 Å². The van der Waals surface area contributed by atoms with E-state index in [1.54, 1.807) is 12.1 Å². The van der Waals surface area contributed by atoms with Crippen LogP contribution < -0.4 is 4.90 Å². The minimum absolute atomic E-state index is 0.0589. The molecule has 0 heterocycles. The summed E-state index contributed by atoms with van der Waals surface area (Å²) in [6.45, 7) is 1.52. The normalized spacial score (nSPS) is 9.95. The largest absolute Gasteiger partial charge is 0.305 e. The summed E-state index contributed by atoms with van der Waals surface area (Å²) in [5.41, 5.74) is 1.35. The van der Waals surface area contributed by atoms with Gasteiger partial charge in [0.15, 0.2) is 5.78 Å². The van der Waals surface area contributed by atoms with Gasteiger partial charge < -0.3 is 4.90 Å². The minimum atomic E-state index is -0.143. The number of amides is 1. The predicted molar refractivity (Wildman–Crippen MR) is 75.2 cm³/mol. The van der Waals surface area contributed by atoms with Crippen LogP contribution in [0.4, 0.5) is 5.69 Å².